The number of benzene rings is 1. The van der Waals surface area contributed by atoms with Gasteiger partial charge in [0.05, 0.1) is 6.04 Å². The second-order valence-corrected chi connectivity index (χ2v) is 6.94. The number of hydrogen-bond donors (Lipinski definition) is 3. The number of rotatable bonds is 11. The van der Waals surface area contributed by atoms with Crippen molar-refractivity contribution in [3.05, 3.63) is 35.9 Å². The van der Waals surface area contributed by atoms with Crippen LogP contribution in [0.1, 0.15) is 45.6 Å². The highest BCUT2D eigenvalue weighted by Gasteiger charge is 2.25. The van der Waals surface area contributed by atoms with Crippen LogP contribution in [0.5, 0.6) is 0 Å². The zero-order valence-electron chi connectivity index (χ0n) is 15.8. The zero-order chi connectivity index (χ0) is 19.5. The molecule has 2 atom stereocenters. The molecule has 0 aromatic heterocycles. The Morgan fingerprint density at radius 3 is 2.23 bits per heavy atom. The average Bonchev–Trinajstić information content (AvgIpc) is 2.59. The molecule has 1 aromatic carbocycles. The molecular formula is C20H30N2O4. The highest BCUT2D eigenvalue weighted by Crippen LogP contribution is 2.08. The summed E-state index contributed by atoms with van der Waals surface area (Å²) in [6, 6.07) is 8.07. The van der Waals surface area contributed by atoms with Crippen LogP contribution in [0.15, 0.2) is 30.3 Å². The monoisotopic (exact) mass is 362 g/mol. The smallest absolute Gasteiger partial charge is 0.243 e. The molecule has 2 amide bonds. The Morgan fingerprint density at radius 1 is 1.04 bits per heavy atom. The number of carbonyl (C=O) groups excluding carboxylic acids is 3. The maximum Gasteiger partial charge on any atom is 0.243 e. The van der Waals surface area contributed by atoms with Gasteiger partial charge in [0.2, 0.25) is 11.8 Å². The molecule has 6 nitrogen and oxygen atoms in total. The van der Waals surface area contributed by atoms with E-state index in [-0.39, 0.29) is 36.5 Å². The number of carbonyl (C=O) groups is 3. The van der Waals surface area contributed by atoms with Crippen LogP contribution in [0.2, 0.25) is 0 Å². The maximum absolute atomic E-state index is 12.7. The van der Waals surface area contributed by atoms with E-state index in [2.05, 4.69) is 10.6 Å². The van der Waals surface area contributed by atoms with Crippen molar-refractivity contribution in [2.45, 2.75) is 58.5 Å². The number of nitrogens with one attached hydrogen (secondary N) is 2. The Kier molecular flexibility index (Phi) is 9.58. The third-order valence-electron chi connectivity index (χ3n) is 4.01. The molecule has 3 N–H and O–H groups in total. The van der Waals surface area contributed by atoms with Crippen LogP contribution in [0.25, 0.3) is 0 Å². The van der Waals surface area contributed by atoms with Gasteiger partial charge in [-0.05, 0) is 31.2 Å². The molecule has 0 aliphatic rings. The van der Waals surface area contributed by atoms with E-state index in [4.69, 9.17) is 5.11 Å². The van der Waals surface area contributed by atoms with Crippen LogP contribution >= 0.6 is 0 Å². The first-order valence-corrected chi connectivity index (χ1v) is 9.08. The van der Waals surface area contributed by atoms with Crippen molar-refractivity contribution in [3.63, 3.8) is 0 Å². The zero-order valence-corrected chi connectivity index (χ0v) is 15.8. The minimum atomic E-state index is -0.766. The minimum Gasteiger partial charge on any atom is -0.396 e. The van der Waals surface area contributed by atoms with Gasteiger partial charge in [0.15, 0.2) is 5.78 Å². The molecule has 0 saturated carbocycles. The van der Waals surface area contributed by atoms with E-state index in [0.29, 0.717) is 19.3 Å². The van der Waals surface area contributed by atoms with E-state index < -0.39 is 12.1 Å². The molecule has 0 saturated heterocycles. The number of aliphatic hydroxyl groups excluding tert-OH is 1. The van der Waals surface area contributed by atoms with E-state index in [1.54, 1.807) is 0 Å². The van der Waals surface area contributed by atoms with Gasteiger partial charge in [-0.15, -0.1) is 0 Å². The van der Waals surface area contributed by atoms with Gasteiger partial charge in [-0.2, -0.15) is 0 Å². The van der Waals surface area contributed by atoms with Crippen molar-refractivity contribution in [3.8, 4) is 0 Å². The fraction of sp³-hybridized carbons (Fsp3) is 0.550. The average molecular weight is 362 g/mol. The summed E-state index contributed by atoms with van der Waals surface area (Å²) >= 11 is 0. The molecule has 0 aliphatic heterocycles. The lowest BCUT2D eigenvalue weighted by atomic mass is 9.99. The Balaban J connectivity index is 2.85. The summed E-state index contributed by atoms with van der Waals surface area (Å²) in [5.74, 6) is -0.501. The highest BCUT2D eigenvalue weighted by atomic mass is 16.3. The van der Waals surface area contributed by atoms with Gasteiger partial charge < -0.3 is 15.7 Å². The predicted octanol–water partition coefficient (Wildman–Crippen LogP) is 1.61. The molecule has 2 unspecified atom stereocenters. The summed E-state index contributed by atoms with van der Waals surface area (Å²) < 4.78 is 0. The fourth-order valence-electron chi connectivity index (χ4n) is 2.64. The van der Waals surface area contributed by atoms with Crippen molar-refractivity contribution in [2.75, 3.05) is 6.61 Å². The first-order valence-electron chi connectivity index (χ1n) is 9.08. The quantitative estimate of drug-likeness (QED) is 0.557. The number of hydrogen-bond acceptors (Lipinski definition) is 4. The van der Waals surface area contributed by atoms with E-state index in [0.717, 1.165) is 5.56 Å². The highest BCUT2D eigenvalue weighted by molar-refractivity contribution is 5.92. The molecule has 6 heteroatoms. The Bertz CT molecular complexity index is 587. The van der Waals surface area contributed by atoms with Crippen molar-refractivity contribution in [1.29, 1.82) is 0 Å². The number of Topliss-reactive ketones (excluding diaryl/α,β-unsaturated/α-hetero) is 1. The molecule has 0 bridgehead atoms. The van der Waals surface area contributed by atoms with E-state index in [1.165, 1.54) is 6.92 Å². The van der Waals surface area contributed by atoms with Gasteiger partial charge in [0.25, 0.3) is 0 Å². The molecule has 0 radical (unpaired) electrons. The summed E-state index contributed by atoms with van der Waals surface area (Å²) in [6.45, 7) is 5.35. The third-order valence-corrected chi connectivity index (χ3v) is 4.01. The topological polar surface area (TPSA) is 95.5 Å². The van der Waals surface area contributed by atoms with Gasteiger partial charge in [-0.3, -0.25) is 14.4 Å². The maximum atomic E-state index is 12.7. The standard InChI is InChI=1S/C20H30N2O4/c1-14(2)12-17(15(3)24)22-20(26)18(21-19(25)10-7-11-23)13-16-8-5-4-6-9-16/h4-6,8-9,14,17-18,23H,7,10-13H2,1-3H3,(H,21,25)(H,22,26). The summed E-state index contributed by atoms with van der Waals surface area (Å²) in [6.07, 6.45) is 1.38. The molecule has 26 heavy (non-hydrogen) atoms. The van der Waals surface area contributed by atoms with E-state index >= 15 is 0 Å². The lowest BCUT2D eigenvalue weighted by Gasteiger charge is -2.23. The number of ketones is 1. The largest absolute Gasteiger partial charge is 0.396 e. The van der Waals surface area contributed by atoms with Crippen LogP contribution in [0, 0.1) is 5.92 Å². The normalized spacial score (nSPS) is 13.1. The van der Waals surface area contributed by atoms with Crippen LogP contribution in [-0.2, 0) is 20.8 Å². The summed E-state index contributed by atoms with van der Waals surface area (Å²) in [5.41, 5.74) is 0.915. The van der Waals surface area contributed by atoms with Crippen LogP contribution < -0.4 is 10.6 Å². The van der Waals surface area contributed by atoms with Crippen molar-refractivity contribution < 1.29 is 19.5 Å². The van der Waals surface area contributed by atoms with Gasteiger partial charge in [-0.1, -0.05) is 44.2 Å². The molecule has 1 rings (SSSR count). The van der Waals surface area contributed by atoms with Crippen LogP contribution in [0.3, 0.4) is 0 Å². The van der Waals surface area contributed by atoms with Gasteiger partial charge in [0, 0.05) is 19.4 Å². The number of aliphatic hydroxyl groups is 1. The first-order chi connectivity index (χ1) is 12.3. The minimum absolute atomic E-state index is 0.0796. The van der Waals surface area contributed by atoms with Crippen molar-refractivity contribution in [2.24, 2.45) is 5.92 Å². The lowest BCUT2D eigenvalue weighted by molar-refractivity contribution is -0.131. The summed E-state index contributed by atoms with van der Waals surface area (Å²) in [4.78, 5) is 36.6. The second kappa shape index (κ2) is 11.4. The summed E-state index contributed by atoms with van der Waals surface area (Å²) in [5, 5.41) is 14.4. The molecule has 0 heterocycles. The molecule has 144 valence electrons. The third kappa shape index (κ3) is 8.25. The van der Waals surface area contributed by atoms with Gasteiger partial charge in [-0.25, -0.2) is 0 Å². The fourth-order valence-corrected chi connectivity index (χ4v) is 2.64. The lowest BCUT2D eigenvalue weighted by Crippen LogP contribution is -2.52. The molecular weight excluding hydrogens is 332 g/mol. The van der Waals surface area contributed by atoms with Gasteiger partial charge >= 0.3 is 0 Å². The molecule has 0 aliphatic carbocycles. The Morgan fingerprint density at radius 2 is 1.69 bits per heavy atom. The summed E-state index contributed by atoms with van der Waals surface area (Å²) in [7, 11) is 0. The van der Waals surface area contributed by atoms with Gasteiger partial charge in [0.1, 0.15) is 6.04 Å². The second-order valence-electron chi connectivity index (χ2n) is 6.94. The predicted molar refractivity (Wildman–Crippen MR) is 100 cm³/mol. The Labute approximate surface area is 155 Å². The van der Waals surface area contributed by atoms with Crippen molar-refractivity contribution >= 4 is 17.6 Å². The van der Waals surface area contributed by atoms with E-state index in [9.17, 15) is 14.4 Å². The van der Waals surface area contributed by atoms with Crippen molar-refractivity contribution in [1.82, 2.24) is 10.6 Å². The van der Waals surface area contributed by atoms with Crippen LogP contribution in [-0.4, -0.2) is 41.4 Å². The van der Waals surface area contributed by atoms with E-state index in [1.807, 2.05) is 44.2 Å². The SMILES string of the molecule is CC(=O)C(CC(C)C)NC(=O)C(Cc1ccccc1)NC(=O)CCCO. The molecule has 0 spiro atoms. The molecule has 1 aromatic rings. The Hall–Kier alpha value is -2.21. The van der Waals surface area contributed by atoms with Crippen LogP contribution in [0.4, 0.5) is 0 Å². The first kappa shape index (κ1) is 21.8. The number of amides is 2. The molecule has 0 fully saturated rings.